The number of aromatic nitrogens is 4. The maximum absolute atomic E-state index is 11.6. The van der Waals surface area contributed by atoms with Crippen LogP contribution in [0.3, 0.4) is 0 Å². The van der Waals surface area contributed by atoms with Crippen LogP contribution in [0.25, 0.3) is 0 Å². The zero-order valence-corrected chi connectivity index (χ0v) is 13.9. The molecule has 21 heavy (non-hydrogen) atoms. The van der Waals surface area contributed by atoms with Crippen LogP contribution in [0, 0.1) is 6.92 Å². The van der Waals surface area contributed by atoms with Gasteiger partial charge in [-0.15, -0.1) is 10.2 Å². The summed E-state index contributed by atoms with van der Waals surface area (Å²) in [5, 5.41) is 12.5. The van der Waals surface area contributed by atoms with Crippen molar-refractivity contribution < 1.29 is 4.79 Å². The van der Waals surface area contributed by atoms with Crippen LogP contribution in [0.4, 0.5) is 0 Å². The highest BCUT2D eigenvalue weighted by Crippen LogP contribution is 2.21. The second-order valence-corrected chi connectivity index (χ2v) is 7.43. The summed E-state index contributed by atoms with van der Waals surface area (Å²) >= 11 is 4.60. The van der Waals surface area contributed by atoms with Crippen molar-refractivity contribution in [2.75, 3.05) is 18.1 Å². The van der Waals surface area contributed by atoms with Crippen molar-refractivity contribution in [3.05, 3.63) is 23.5 Å². The number of amides is 1. The molecule has 0 aromatic carbocycles. The SMILES string of the molecule is Cc1nnc(SCCCNC(=O)CSc2ncccn2)s1. The third kappa shape index (κ3) is 6.40. The molecule has 0 saturated carbocycles. The van der Waals surface area contributed by atoms with E-state index in [1.807, 2.05) is 6.92 Å². The van der Waals surface area contributed by atoms with E-state index >= 15 is 0 Å². The third-order valence-corrected chi connectivity index (χ3v) is 5.18. The lowest BCUT2D eigenvalue weighted by Crippen LogP contribution is -2.26. The number of carbonyl (C=O) groups is 1. The maximum Gasteiger partial charge on any atom is 0.230 e. The van der Waals surface area contributed by atoms with Gasteiger partial charge in [0.25, 0.3) is 0 Å². The standard InChI is InChI=1S/C12H15N5OS3/c1-9-16-17-12(21-9)19-7-3-6-13-10(18)8-20-11-14-4-2-5-15-11/h2,4-5H,3,6-8H2,1H3,(H,13,18). The van der Waals surface area contributed by atoms with Gasteiger partial charge < -0.3 is 5.32 Å². The zero-order chi connectivity index (χ0) is 14.9. The van der Waals surface area contributed by atoms with Gasteiger partial charge in [-0.25, -0.2) is 9.97 Å². The Balaban J connectivity index is 1.53. The van der Waals surface area contributed by atoms with Gasteiger partial charge in [0.05, 0.1) is 5.75 Å². The van der Waals surface area contributed by atoms with Gasteiger partial charge in [-0.2, -0.15) is 0 Å². The number of hydrogen-bond donors (Lipinski definition) is 1. The number of carbonyl (C=O) groups excluding carboxylic acids is 1. The lowest BCUT2D eigenvalue weighted by molar-refractivity contribution is -0.118. The Hall–Kier alpha value is -1.19. The molecule has 0 saturated heterocycles. The van der Waals surface area contributed by atoms with Gasteiger partial charge >= 0.3 is 0 Å². The molecule has 0 unspecified atom stereocenters. The fourth-order valence-electron chi connectivity index (χ4n) is 1.34. The van der Waals surface area contributed by atoms with Crippen LogP contribution in [0.2, 0.25) is 0 Å². The molecule has 1 N–H and O–H groups in total. The first kappa shape index (κ1) is 16.2. The summed E-state index contributed by atoms with van der Waals surface area (Å²) < 4.78 is 0.982. The van der Waals surface area contributed by atoms with Crippen molar-refractivity contribution in [2.45, 2.75) is 22.8 Å². The quantitative estimate of drug-likeness (QED) is 0.447. The van der Waals surface area contributed by atoms with E-state index in [1.54, 1.807) is 41.6 Å². The summed E-state index contributed by atoms with van der Waals surface area (Å²) in [6.07, 6.45) is 4.24. The molecule has 0 bridgehead atoms. The van der Waals surface area contributed by atoms with Crippen LogP contribution < -0.4 is 5.32 Å². The van der Waals surface area contributed by atoms with Gasteiger partial charge in [0.1, 0.15) is 5.01 Å². The number of hydrogen-bond acceptors (Lipinski definition) is 8. The first-order valence-electron chi connectivity index (χ1n) is 6.33. The van der Waals surface area contributed by atoms with Crippen LogP contribution in [0.15, 0.2) is 28.0 Å². The van der Waals surface area contributed by atoms with Gasteiger partial charge in [0, 0.05) is 24.7 Å². The highest BCUT2D eigenvalue weighted by molar-refractivity contribution is 8.01. The van der Waals surface area contributed by atoms with Gasteiger partial charge in [0.15, 0.2) is 9.50 Å². The predicted molar refractivity (Wildman–Crippen MR) is 85.8 cm³/mol. The van der Waals surface area contributed by atoms with E-state index in [4.69, 9.17) is 0 Å². The molecule has 0 aliphatic rings. The van der Waals surface area contributed by atoms with Crippen molar-refractivity contribution in [1.29, 1.82) is 0 Å². The summed E-state index contributed by atoms with van der Waals surface area (Å²) in [6.45, 7) is 2.61. The molecule has 0 aliphatic heterocycles. The molecule has 112 valence electrons. The Morgan fingerprint density at radius 3 is 2.81 bits per heavy atom. The highest BCUT2D eigenvalue weighted by atomic mass is 32.2. The normalized spacial score (nSPS) is 10.5. The van der Waals surface area contributed by atoms with Crippen molar-refractivity contribution in [3.63, 3.8) is 0 Å². The van der Waals surface area contributed by atoms with E-state index in [2.05, 4.69) is 25.5 Å². The minimum Gasteiger partial charge on any atom is -0.355 e. The second kappa shape index (κ2) is 8.96. The van der Waals surface area contributed by atoms with Crippen LogP contribution in [0.1, 0.15) is 11.4 Å². The fourth-order valence-corrected chi connectivity index (χ4v) is 3.80. The largest absolute Gasteiger partial charge is 0.355 e. The van der Waals surface area contributed by atoms with Crippen LogP contribution in [-0.2, 0) is 4.79 Å². The van der Waals surface area contributed by atoms with E-state index in [1.165, 1.54) is 11.8 Å². The predicted octanol–water partition coefficient (Wildman–Crippen LogP) is 2.03. The summed E-state index contributed by atoms with van der Waals surface area (Å²) in [5.41, 5.74) is 0. The summed E-state index contributed by atoms with van der Waals surface area (Å²) in [4.78, 5) is 19.7. The number of thioether (sulfide) groups is 2. The van der Waals surface area contributed by atoms with Gasteiger partial charge in [-0.1, -0.05) is 34.9 Å². The number of rotatable bonds is 8. The summed E-state index contributed by atoms with van der Waals surface area (Å²) in [7, 11) is 0. The van der Waals surface area contributed by atoms with Crippen molar-refractivity contribution in [3.8, 4) is 0 Å². The van der Waals surface area contributed by atoms with Gasteiger partial charge in [-0.05, 0) is 19.4 Å². The number of nitrogens with one attached hydrogen (secondary N) is 1. The molecule has 2 aromatic rings. The van der Waals surface area contributed by atoms with Crippen LogP contribution >= 0.6 is 34.9 Å². The number of aryl methyl sites for hydroxylation is 1. The Labute approximate surface area is 135 Å². The molecule has 0 atom stereocenters. The molecule has 1 amide bonds. The van der Waals surface area contributed by atoms with Gasteiger partial charge in [-0.3, -0.25) is 4.79 Å². The Morgan fingerprint density at radius 1 is 1.29 bits per heavy atom. The minimum atomic E-state index is 0.00390. The van der Waals surface area contributed by atoms with Crippen LogP contribution in [0.5, 0.6) is 0 Å². The Kier molecular flexibility index (Phi) is 6.90. The van der Waals surface area contributed by atoms with E-state index in [-0.39, 0.29) is 5.91 Å². The minimum absolute atomic E-state index is 0.00390. The molecule has 0 spiro atoms. The first-order valence-corrected chi connectivity index (χ1v) is 9.12. The first-order chi connectivity index (χ1) is 10.2. The monoisotopic (exact) mass is 341 g/mol. The smallest absolute Gasteiger partial charge is 0.230 e. The van der Waals surface area contributed by atoms with E-state index in [0.29, 0.717) is 17.5 Å². The molecular weight excluding hydrogens is 326 g/mol. The molecule has 9 heteroatoms. The molecule has 0 aliphatic carbocycles. The second-order valence-electron chi connectivity index (χ2n) is 3.96. The molecular formula is C12H15N5OS3. The zero-order valence-electron chi connectivity index (χ0n) is 11.5. The fraction of sp³-hybridized carbons (Fsp3) is 0.417. The van der Waals surface area contributed by atoms with Crippen molar-refractivity contribution in [1.82, 2.24) is 25.5 Å². The maximum atomic E-state index is 11.6. The van der Waals surface area contributed by atoms with Crippen molar-refractivity contribution in [2.24, 2.45) is 0 Å². The highest BCUT2D eigenvalue weighted by Gasteiger charge is 2.04. The number of nitrogens with zero attached hydrogens (tertiary/aromatic N) is 4. The molecule has 2 aromatic heterocycles. The Morgan fingerprint density at radius 2 is 2.10 bits per heavy atom. The van der Waals surface area contributed by atoms with Crippen molar-refractivity contribution >= 4 is 40.8 Å². The molecule has 0 fully saturated rings. The lowest BCUT2D eigenvalue weighted by atomic mass is 10.5. The van der Waals surface area contributed by atoms with E-state index < -0.39 is 0 Å². The third-order valence-electron chi connectivity index (χ3n) is 2.25. The van der Waals surface area contributed by atoms with E-state index in [9.17, 15) is 4.79 Å². The molecule has 2 rings (SSSR count). The Bertz CT molecular complexity index is 563. The average molecular weight is 341 g/mol. The summed E-state index contributed by atoms with van der Waals surface area (Å²) in [6, 6.07) is 1.75. The molecule has 0 radical (unpaired) electrons. The molecule has 2 heterocycles. The van der Waals surface area contributed by atoms with Crippen LogP contribution in [-0.4, -0.2) is 44.1 Å². The average Bonchev–Trinajstić information content (AvgIpc) is 2.91. The summed E-state index contributed by atoms with van der Waals surface area (Å²) in [5.74, 6) is 1.26. The van der Waals surface area contributed by atoms with Gasteiger partial charge in [0.2, 0.25) is 5.91 Å². The molecule has 6 nitrogen and oxygen atoms in total. The topological polar surface area (TPSA) is 80.7 Å². The van der Waals surface area contributed by atoms with E-state index in [0.717, 1.165) is 21.5 Å². The lowest BCUT2D eigenvalue weighted by Gasteiger charge is -2.03.